The van der Waals surface area contributed by atoms with Gasteiger partial charge in [0.25, 0.3) is 0 Å². The number of pyridine rings is 1. The second kappa shape index (κ2) is 4.79. The molecule has 92 valence electrons. The number of nitrogens with two attached hydrogens (primary N) is 3. The van der Waals surface area contributed by atoms with E-state index in [0.717, 1.165) is 0 Å². The van der Waals surface area contributed by atoms with E-state index >= 15 is 0 Å². The van der Waals surface area contributed by atoms with E-state index in [1.165, 1.54) is 11.2 Å². The van der Waals surface area contributed by atoms with Gasteiger partial charge in [0.1, 0.15) is 0 Å². The number of aromatic nitrogens is 1. The Morgan fingerprint density at radius 1 is 1.59 bits per heavy atom. The van der Waals surface area contributed by atoms with Gasteiger partial charge in [-0.2, -0.15) is 0 Å². The lowest BCUT2D eigenvalue weighted by atomic mass is 10.1. The highest BCUT2D eigenvalue weighted by molar-refractivity contribution is 6.33. The molecule has 0 spiro atoms. The molecule has 1 aliphatic heterocycles. The van der Waals surface area contributed by atoms with Gasteiger partial charge in [-0.05, 0) is 6.07 Å². The molecule has 17 heavy (non-hydrogen) atoms. The van der Waals surface area contributed by atoms with Crippen LogP contribution in [0.4, 0.5) is 11.5 Å². The Morgan fingerprint density at radius 2 is 2.29 bits per heavy atom. The average molecular weight is 256 g/mol. The summed E-state index contributed by atoms with van der Waals surface area (Å²) in [4.78, 5) is 4.05. The second-order valence-electron chi connectivity index (χ2n) is 3.84. The molecule has 6 N–H and O–H groups in total. The van der Waals surface area contributed by atoms with E-state index in [-0.39, 0.29) is 5.92 Å². The van der Waals surface area contributed by atoms with Crippen LogP contribution in [0.1, 0.15) is 0 Å². The molecule has 1 aromatic rings. The monoisotopic (exact) mass is 255 g/mol. The highest BCUT2D eigenvalue weighted by atomic mass is 35.5. The predicted molar refractivity (Wildman–Crippen MR) is 66.9 cm³/mol. The van der Waals surface area contributed by atoms with Gasteiger partial charge in [0.2, 0.25) is 0 Å². The average Bonchev–Trinajstić information content (AvgIpc) is 2.13. The van der Waals surface area contributed by atoms with Gasteiger partial charge < -0.3 is 16.2 Å². The molecule has 1 saturated heterocycles. The van der Waals surface area contributed by atoms with Crippen molar-refractivity contribution in [1.29, 1.82) is 0 Å². The van der Waals surface area contributed by atoms with Gasteiger partial charge in [-0.3, -0.25) is 5.01 Å². The SMILES string of the molecule is N/C(=C\N(N)c1ncc(N)cc1Cl)C1COC1. The first kappa shape index (κ1) is 12.0. The van der Waals surface area contributed by atoms with Crippen molar-refractivity contribution in [3.05, 3.63) is 29.2 Å². The molecule has 0 aromatic carbocycles. The number of hydrogen-bond donors (Lipinski definition) is 3. The van der Waals surface area contributed by atoms with E-state index < -0.39 is 0 Å². The van der Waals surface area contributed by atoms with Crippen LogP contribution in [-0.2, 0) is 4.74 Å². The molecule has 0 bridgehead atoms. The van der Waals surface area contributed by atoms with Crippen molar-refractivity contribution in [1.82, 2.24) is 4.98 Å². The molecule has 6 nitrogen and oxygen atoms in total. The van der Waals surface area contributed by atoms with Gasteiger partial charge in [-0.15, -0.1) is 0 Å². The fourth-order valence-corrected chi connectivity index (χ4v) is 1.66. The zero-order valence-electron chi connectivity index (χ0n) is 9.14. The number of ether oxygens (including phenoxy) is 1. The highest BCUT2D eigenvalue weighted by Gasteiger charge is 2.21. The van der Waals surface area contributed by atoms with Crippen molar-refractivity contribution in [2.24, 2.45) is 17.5 Å². The quantitative estimate of drug-likeness (QED) is 0.535. The van der Waals surface area contributed by atoms with E-state index in [9.17, 15) is 0 Å². The highest BCUT2D eigenvalue weighted by Crippen LogP contribution is 2.24. The number of hydrazine groups is 1. The van der Waals surface area contributed by atoms with Crippen LogP contribution in [0.2, 0.25) is 5.02 Å². The molecule has 0 aliphatic carbocycles. The number of nitrogens with zero attached hydrogens (tertiary/aromatic N) is 2. The van der Waals surface area contributed by atoms with Gasteiger partial charge in [0.15, 0.2) is 5.82 Å². The molecule has 2 heterocycles. The summed E-state index contributed by atoms with van der Waals surface area (Å²) in [6.07, 6.45) is 3.08. The zero-order valence-corrected chi connectivity index (χ0v) is 9.89. The van der Waals surface area contributed by atoms with Crippen molar-refractivity contribution < 1.29 is 4.74 Å². The normalized spacial score (nSPS) is 16.7. The van der Waals surface area contributed by atoms with Crippen LogP contribution in [0, 0.1) is 5.92 Å². The molecule has 0 atom stereocenters. The molecule has 1 fully saturated rings. The molecular weight excluding hydrogens is 242 g/mol. The number of anilines is 2. The molecule has 1 aliphatic rings. The fourth-order valence-electron chi connectivity index (χ4n) is 1.39. The van der Waals surface area contributed by atoms with Gasteiger partial charge in [0, 0.05) is 17.8 Å². The van der Waals surface area contributed by atoms with Crippen LogP contribution < -0.4 is 22.3 Å². The van der Waals surface area contributed by atoms with Crippen LogP contribution in [-0.4, -0.2) is 18.2 Å². The minimum absolute atomic E-state index is 0.216. The Hall–Kier alpha value is -1.50. The molecule has 0 radical (unpaired) electrons. The van der Waals surface area contributed by atoms with Crippen LogP contribution in [0.25, 0.3) is 0 Å². The summed E-state index contributed by atoms with van der Waals surface area (Å²) >= 11 is 5.98. The maximum Gasteiger partial charge on any atom is 0.165 e. The van der Waals surface area contributed by atoms with E-state index in [2.05, 4.69) is 4.98 Å². The largest absolute Gasteiger partial charge is 0.400 e. The van der Waals surface area contributed by atoms with E-state index in [4.69, 9.17) is 33.6 Å². The van der Waals surface area contributed by atoms with Crippen LogP contribution >= 0.6 is 11.6 Å². The molecule has 0 unspecified atom stereocenters. The first-order valence-electron chi connectivity index (χ1n) is 5.08. The fraction of sp³-hybridized carbons (Fsp3) is 0.300. The maximum atomic E-state index is 5.98. The first-order chi connectivity index (χ1) is 8.08. The lowest BCUT2D eigenvalue weighted by molar-refractivity contribution is -0.0140. The van der Waals surface area contributed by atoms with Gasteiger partial charge in [0.05, 0.1) is 30.1 Å². The number of halogens is 1. The Balaban J connectivity index is 2.15. The summed E-state index contributed by atoms with van der Waals surface area (Å²) < 4.78 is 5.04. The van der Waals surface area contributed by atoms with Crippen LogP contribution in [0.3, 0.4) is 0 Å². The third-order valence-corrected chi connectivity index (χ3v) is 2.76. The van der Waals surface area contributed by atoms with Gasteiger partial charge in [-0.1, -0.05) is 11.6 Å². The minimum Gasteiger partial charge on any atom is -0.400 e. The van der Waals surface area contributed by atoms with Crippen molar-refractivity contribution in [3.63, 3.8) is 0 Å². The Bertz CT molecular complexity index is 446. The van der Waals surface area contributed by atoms with Gasteiger partial charge in [-0.25, -0.2) is 10.8 Å². The lowest BCUT2D eigenvalue weighted by Crippen LogP contribution is -2.35. The van der Waals surface area contributed by atoms with Crippen molar-refractivity contribution >= 4 is 23.1 Å². The number of nitrogen functional groups attached to an aromatic ring is 1. The van der Waals surface area contributed by atoms with E-state index in [0.29, 0.717) is 35.4 Å². The first-order valence-corrected chi connectivity index (χ1v) is 5.45. The van der Waals surface area contributed by atoms with Crippen molar-refractivity contribution in [3.8, 4) is 0 Å². The third-order valence-electron chi connectivity index (χ3n) is 2.49. The Morgan fingerprint density at radius 3 is 2.82 bits per heavy atom. The standard InChI is InChI=1S/C10H14ClN5O/c11-8-1-7(12)2-15-10(8)16(14)3-9(13)6-4-17-5-6/h1-3,6H,4-5,12-14H2/b9-3-. The number of hydrogen-bond acceptors (Lipinski definition) is 6. The van der Waals surface area contributed by atoms with Crippen molar-refractivity contribution in [2.45, 2.75) is 0 Å². The molecule has 0 amide bonds. The molecule has 7 heteroatoms. The van der Waals surface area contributed by atoms with Crippen LogP contribution in [0.15, 0.2) is 24.2 Å². The van der Waals surface area contributed by atoms with E-state index in [1.807, 2.05) is 0 Å². The Kier molecular flexibility index (Phi) is 3.37. The summed E-state index contributed by atoms with van der Waals surface area (Å²) in [5.74, 6) is 6.43. The summed E-state index contributed by atoms with van der Waals surface area (Å²) in [5.41, 5.74) is 12.5. The smallest absolute Gasteiger partial charge is 0.165 e. The minimum atomic E-state index is 0.216. The Labute approximate surface area is 104 Å². The topological polar surface area (TPSA) is 103 Å². The van der Waals surface area contributed by atoms with Crippen LogP contribution in [0.5, 0.6) is 0 Å². The van der Waals surface area contributed by atoms with E-state index in [1.54, 1.807) is 12.3 Å². The summed E-state index contributed by atoms with van der Waals surface area (Å²) in [5, 5.41) is 1.66. The second-order valence-corrected chi connectivity index (χ2v) is 4.25. The summed E-state index contributed by atoms with van der Waals surface area (Å²) in [7, 11) is 0. The summed E-state index contributed by atoms with van der Waals surface area (Å²) in [6, 6.07) is 1.58. The maximum absolute atomic E-state index is 5.98. The van der Waals surface area contributed by atoms with Gasteiger partial charge >= 0.3 is 0 Å². The van der Waals surface area contributed by atoms with Crippen molar-refractivity contribution in [2.75, 3.05) is 24.0 Å². The molecule has 2 rings (SSSR count). The third kappa shape index (κ3) is 2.60. The predicted octanol–water partition coefficient (Wildman–Crippen LogP) is 0.444. The number of rotatable bonds is 3. The summed E-state index contributed by atoms with van der Waals surface area (Å²) in [6.45, 7) is 1.25. The zero-order chi connectivity index (χ0) is 12.4. The lowest BCUT2D eigenvalue weighted by Gasteiger charge is -2.27. The molecule has 0 saturated carbocycles. The molecule has 1 aromatic heterocycles. The molecular formula is C10H14ClN5O.